The molecule has 0 radical (unpaired) electrons. The van der Waals surface area contributed by atoms with Gasteiger partial charge in [0.2, 0.25) is 5.91 Å². The Labute approximate surface area is 218 Å². The molecule has 7 nitrogen and oxygen atoms in total. The molecule has 1 fully saturated rings. The molecule has 0 aliphatic carbocycles. The normalized spacial score (nSPS) is 16.1. The van der Waals surface area contributed by atoms with E-state index < -0.39 is 27.8 Å². The number of benzene rings is 2. The summed E-state index contributed by atoms with van der Waals surface area (Å²) < 4.78 is 49.4. The van der Waals surface area contributed by atoms with Crippen LogP contribution in [-0.4, -0.2) is 39.0 Å². The number of rotatable bonds is 7. The van der Waals surface area contributed by atoms with Gasteiger partial charge in [-0.05, 0) is 60.9 Å². The zero-order valence-corrected chi connectivity index (χ0v) is 21.6. The second-order valence-electron chi connectivity index (χ2n) is 8.51. The fourth-order valence-electron chi connectivity index (χ4n) is 4.36. The van der Waals surface area contributed by atoms with Gasteiger partial charge in [-0.2, -0.15) is 4.72 Å². The number of para-hydroxylation sites is 1. The van der Waals surface area contributed by atoms with E-state index in [1.807, 2.05) is 24.3 Å². The van der Waals surface area contributed by atoms with Crippen molar-refractivity contribution in [2.24, 2.45) is 0 Å². The number of nitrogens with zero attached hydrogens (tertiary/aromatic N) is 2. The predicted octanol–water partition coefficient (Wildman–Crippen LogP) is 5.10. The Morgan fingerprint density at radius 1 is 1.08 bits per heavy atom. The minimum Gasteiger partial charge on any atom is -0.496 e. The van der Waals surface area contributed by atoms with Crippen molar-refractivity contribution in [3.8, 4) is 27.4 Å². The monoisotopic (exact) mass is 537 g/mol. The fourth-order valence-corrected chi connectivity index (χ4v) is 6.88. The number of nitrogens with one attached hydrogen (secondary N) is 1. The van der Waals surface area contributed by atoms with Gasteiger partial charge in [-0.25, -0.2) is 12.8 Å². The third-order valence-corrected chi connectivity index (χ3v) is 9.23. The van der Waals surface area contributed by atoms with Gasteiger partial charge in [0.1, 0.15) is 21.8 Å². The Morgan fingerprint density at radius 3 is 2.65 bits per heavy atom. The third kappa shape index (κ3) is 5.13. The minimum atomic E-state index is -3.96. The van der Waals surface area contributed by atoms with E-state index in [-0.39, 0.29) is 9.90 Å². The van der Waals surface area contributed by atoms with E-state index >= 15 is 4.39 Å². The molecule has 1 unspecified atom stereocenters. The van der Waals surface area contributed by atoms with Crippen LogP contribution >= 0.6 is 11.3 Å². The Bertz CT molecular complexity index is 1540. The Balaban J connectivity index is 1.35. The van der Waals surface area contributed by atoms with E-state index in [0.717, 1.165) is 16.9 Å². The molecule has 1 aliphatic rings. The molecule has 10 heteroatoms. The van der Waals surface area contributed by atoms with E-state index in [4.69, 9.17) is 4.74 Å². The molecule has 1 amide bonds. The lowest BCUT2D eigenvalue weighted by Crippen LogP contribution is -2.52. The number of anilines is 1. The summed E-state index contributed by atoms with van der Waals surface area (Å²) in [6.07, 6.45) is 2.49. The van der Waals surface area contributed by atoms with Gasteiger partial charge in [-0.3, -0.25) is 9.78 Å². The van der Waals surface area contributed by atoms with Crippen LogP contribution < -0.4 is 14.4 Å². The molecule has 0 saturated carbocycles. The smallest absolute Gasteiger partial charge is 0.250 e. The highest BCUT2D eigenvalue weighted by atomic mass is 32.2. The highest BCUT2D eigenvalue weighted by Gasteiger charge is 2.34. The van der Waals surface area contributed by atoms with Crippen molar-refractivity contribution in [2.75, 3.05) is 18.6 Å². The van der Waals surface area contributed by atoms with Gasteiger partial charge in [0.15, 0.2) is 0 Å². The van der Waals surface area contributed by atoms with Gasteiger partial charge < -0.3 is 9.64 Å². The van der Waals surface area contributed by atoms with Crippen LogP contribution in [0, 0.1) is 5.82 Å². The molecular weight excluding hydrogens is 513 g/mol. The minimum absolute atomic E-state index is 0.0884. The summed E-state index contributed by atoms with van der Waals surface area (Å²) >= 11 is 1.08. The molecule has 1 aliphatic heterocycles. The van der Waals surface area contributed by atoms with Gasteiger partial charge >= 0.3 is 0 Å². The first-order chi connectivity index (χ1) is 17.9. The number of aromatic nitrogens is 1. The number of hydrogen-bond acceptors (Lipinski definition) is 6. The van der Waals surface area contributed by atoms with Crippen molar-refractivity contribution in [3.63, 3.8) is 0 Å². The molecule has 1 N–H and O–H groups in total. The topological polar surface area (TPSA) is 88.6 Å². The van der Waals surface area contributed by atoms with E-state index in [9.17, 15) is 13.2 Å². The number of thiophene rings is 1. The molecular formula is C27H24FN3O4S2. The van der Waals surface area contributed by atoms with E-state index in [2.05, 4.69) is 9.71 Å². The molecule has 0 bridgehead atoms. The average molecular weight is 538 g/mol. The number of ether oxygens (including phenoxy) is 1. The SMILES string of the molecule is COc1ccccc1-c1ccc(N2CCCC(NS(=O)(=O)c3ccc(-c4ccccn4)s3)C2=O)c(F)c1. The van der Waals surface area contributed by atoms with Crippen LogP contribution in [0.5, 0.6) is 5.75 Å². The summed E-state index contributed by atoms with van der Waals surface area (Å²) in [6.45, 7) is 0.296. The highest BCUT2D eigenvalue weighted by molar-refractivity contribution is 7.91. The maximum atomic E-state index is 15.2. The predicted molar refractivity (Wildman–Crippen MR) is 142 cm³/mol. The molecule has 1 atom stereocenters. The summed E-state index contributed by atoms with van der Waals surface area (Å²) in [6, 6.07) is 19.5. The molecule has 3 heterocycles. The van der Waals surface area contributed by atoms with Crippen molar-refractivity contribution >= 4 is 33.0 Å². The Kier molecular flexibility index (Phi) is 7.05. The van der Waals surface area contributed by atoms with Crippen LogP contribution in [0.4, 0.5) is 10.1 Å². The average Bonchev–Trinajstić information content (AvgIpc) is 3.42. The van der Waals surface area contributed by atoms with Crippen LogP contribution in [0.3, 0.4) is 0 Å². The standard InChI is InChI=1S/C27H24FN3O4S2/c1-35-24-10-3-2-7-19(24)18-11-12-23(20(28)17-18)31-16-6-9-22(27(31)32)30-37(33,34)26-14-13-25(36-26)21-8-4-5-15-29-21/h2-5,7-8,10-15,17,22,30H,6,9,16H2,1H3. The molecule has 190 valence electrons. The van der Waals surface area contributed by atoms with E-state index in [1.165, 1.54) is 17.0 Å². The van der Waals surface area contributed by atoms with Crippen LogP contribution in [0.2, 0.25) is 0 Å². The van der Waals surface area contributed by atoms with Crippen LogP contribution in [0.1, 0.15) is 12.8 Å². The molecule has 4 aromatic rings. The summed E-state index contributed by atoms with van der Waals surface area (Å²) in [5.74, 6) is -0.447. The first-order valence-corrected chi connectivity index (χ1v) is 14.0. The molecule has 2 aromatic heterocycles. The molecule has 37 heavy (non-hydrogen) atoms. The number of pyridine rings is 1. The lowest BCUT2D eigenvalue weighted by atomic mass is 10.0. The first-order valence-electron chi connectivity index (χ1n) is 11.7. The Hall–Kier alpha value is -3.60. The quantitative estimate of drug-likeness (QED) is 0.354. The van der Waals surface area contributed by atoms with E-state index in [1.54, 1.807) is 49.7 Å². The number of sulfonamides is 1. The largest absolute Gasteiger partial charge is 0.496 e. The van der Waals surface area contributed by atoms with Crippen LogP contribution in [0.25, 0.3) is 21.7 Å². The van der Waals surface area contributed by atoms with Gasteiger partial charge in [-0.1, -0.05) is 30.3 Å². The van der Waals surface area contributed by atoms with Gasteiger partial charge in [0.25, 0.3) is 10.0 Å². The summed E-state index contributed by atoms with van der Waals surface area (Å²) in [7, 11) is -2.41. The number of methoxy groups -OCH3 is 1. The fraction of sp³-hybridized carbons (Fsp3) is 0.185. The van der Waals surface area contributed by atoms with Gasteiger partial charge in [0.05, 0.1) is 23.4 Å². The zero-order chi connectivity index (χ0) is 26.0. The van der Waals surface area contributed by atoms with E-state index in [0.29, 0.717) is 41.3 Å². The lowest BCUT2D eigenvalue weighted by Gasteiger charge is -2.32. The number of hydrogen-bond donors (Lipinski definition) is 1. The van der Waals surface area contributed by atoms with Crippen molar-refractivity contribution in [1.29, 1.82) is 0 Å². The zero-order valence-electron chi connectivity index (χ0n) is 19.9. The third-order valence-electron chi connectivity index (χ3n) is 6.16. The number of carbonyl (C=O) groups excluding carboxylic acids is 1. The molecule has 0 spiro atoms. The summed E-state index contributed by atoms with van der Waals surface area (Å²) in [4.78, 5) is 19.5. The van der Waals surface area contributed by atoms with Crippen LogP contribution in [-0.2, 0) is 14.8 Å². The van der Waals surface area contributed by atoms with Gasteiger partial charge in [-0.15, -0.1) is 11.3 Å². The number of carbonyl (C=O) groups is 1. The molecule has 1 saturated heterocycles. The maximum Gasteiger partial charge on any atom is 0.250 e. The van der Waals surface area contributed by atoms with Crippen molar-refractivity contribution in [1.82, 2.24) is 9.71 Å². The number of amides is 1. The summed E-state index contributed by atoms with van der Waals surface area (Å²) in [5, 5.41) is 0. The van der Waals surface area contributed by atoms with Crippen LogP contribution in [0.15, 0.2) is 83.2 Å². The second kappa shape index (κ2) is 10.4. The molecule has 5 rings (SSSR count). The number of halogens is 1. The maximum absolute atomic E-state index is 15.2. The van der Waals surface area contributed by atoms with Gasteiger partial charge in [0, 0.05) is 18.3 Å². The van der Waals surface area contributed by atoms with Crippen molar-refractivity contribution in [3.05, 3.63) is 84.8 Å². The van der Waals surface area contributed by atoms with Crippen molar-refractivity contribution in [2.45, 2.75) is 23.1 Å². The Morgan fingerprint density at radius 2 is 1.89 bits per heavy atom. The highest BCUT2D eigenvalue weighted by Crippen LogP contribution is 2.34. The number of piperidine rings is 1. The summed E-state index contributed by atoms with van der Waals surface area (Å²) in [5.41, 5.74) is 2.12. The lowest BCUT2D eigenvalue weighted by molar-refractivity contribution is -0.121. The first kappa shape index (κ1) is 25.1. The molecule has 2 aromatic carbocycles. The second-order valence-corrected chi connectivity index (χ2v) is 11.5. The van der Waals surface area contributed by atoms with Crippen molar-refractivity contribution < 1.29 is 22.3 Å².